The highest BCUT2D eigenvalue weighted by Gasteiger charge is 2.51. The second kappa shape index (κ2) is 7.14. The largest absolute Gasteiger partial charge is 0.501 e. The molecule has 11 heteroatoms. The topological polar surface area (TPSA) is 87.7 Å². The maximum absolute atomic E-state index is 13.1. The van der Waals surface area contributed by atoms with Crippen LogP contribution in [0.4, 0.5) is 23.7 Å². The first-order valence-corrected chi connectivity index (χ1v) is 9.89. The number of aryl methyl sites for hydroxylation is 1. The van der Waals surface area contributed by atoms with Crippen LogP contribution >= 0.6 is 0 Å². The Bertz CT molecular complexity index is 1090. The van der Waals surface area contributed by atoms with Crippen molar-refractivity contribution in [3.05, 3.63) is 53.9 Å². The van der Waals surface area contributed by atoms with E-state index in [1.54, 1.807) is 19.2 Å². The lowest BCUT2D eigenvalue weighted by molar-refractivity contribution is -0.119. The highest BCUT2D eigenvalue weighted by atomic mass is 32.2. The van der Waals surface area contributed by atoms with Gasteiger partial charge in [-0.05, 0) is 43.2 Å². The molecule has 1 fully saturated rings. The van der Waals surface area contributed by atoms with Crippen LogP contribution in [0.15, 0.2) is 47.6 Å². The lowest BCUT2D eigenvalue weighted by atomic mass is 10.1. The molecular weight excluding hydrogens is 411 g/mol. The molecule has 0 N–H and O–H groups in total. The van der Waals surface area contributed by atoms with E-state index in [1.807, 2.05) is 0 Å². The van der Waals surface area contributed by atoms with Crippen LogP contribution in [0, 0.1) is 6.92 Å². The smallest absolute Gasteiger partial charge is 0.308 e. The highest BCUT2D eigenvalue weighted by molar-refractivity contribution is 7.92. The van der Waals surface area contributed by atoms with Gasteiger partial charge in [0.25, 0.3) is 15.7 Å². The predicted octanol–water partition coefficient (Wildman–Crippen LogP) is 3.04. The Kier molecular flexibility index (Phi) is 5.11. The van der Waals surface area contributed by atoms with Gasteiger partial charge in [-0.3, -0.25) is 9.78 Å². The van der Waals surface area contributed by atoms with E-state index in [2.05, 4.69) is 4.98 Å². The molecule has 1 aliphatic heterocycles. The van der Waals surface area contributed by atoms with E-state index in [9.17, 15) is 31.2 Å². The molecule has 0 unspecified atom stereocenters. The number of rotatable bonds is 4. The monoisotopic (exact) mass is 427 g/mol. The fraction of sp³-hybridized carbons (Fsp3) is 0.278. The van der Waals surface area contributed by atoms with Crippen molar-refractivity contribution in [2.75, 3.05) is 4.90 Å². The number of urea groups is 1. The number of para-hydroxylation sites is 1. The van der Waals surface area contributed by atoms with Gasteiger partial charge in [0.1, 0.15) is 10.9 Å². The lowest BCUT2D eigenvalue weighted by Crippen LogP contribution is -2.35. The first kappa shape index (κ1) is 20.8. The van der Waals surface area contributed by atoms with Crippen LogP contribution in [-0.2, 0) is 21.2 Å². The summed E-state index contributed by atoms with van der Waals surface area (Å²) in [6, 6.07) is 3.84. The molecule has 1 aliphatic rings. The molecule has 1 aromatic carbocycles. The molecule has 2 heterocycles. The fourth-order valence-corrected chi connectivity index (χ4v) is 3.93. The normalized spacial score (nSPS) is 17.9. The Morgan fingerprint density at radius 2 is 1.79 bits per heavy atom. The number of pyridine rings is 1. The predicted molar refractivity (Wildman–Crippen MR) is 96.5 cm³/mol. The third kappa shape index (κ3) is 3.46. The number of imide groups is 1. The molecule has 0 spiro atoms. The molecule has 1 atom stereocenters. The van der Waals surface area contributed by atoms with Gasteiger partial charge in [0.05, 0.1) is 5.69 Å². The molecule has 29 heavy (non-hydrogen) atoms. The fourth-order valence-electron chi connectivity index (χ4n) is 2.99. The first-order valence-electron chi connectivity index (χ1n) is 8.41. The van der Waals surface area contributed by atoms with E-state index in [4.69, 9.17) is 0 Å². The summed E-state index contributed by atoms with van der Waals surface area (Å²) in [5.41, 5.74) is -4.74. The van der Waals surface area contributed by atoms with Crippen molar-refractivity contribution >= 4 is 27.5 Å². The van der Waals surface area contributed by atoms with Gasteiger partial charge in [-0.15, -0.1) is 0 Å². The van der Waals surface area contributed by atoms with E-state index in [-0.39, 0.29) is 6.54 Å². The van der Waals surface area contributed by atoms with Crippen LogP contribution < -0.4 is 4.90 Å². The van der Waals surface area contributed by atoms with E-state index in [0.29, 0.717) is 10.5 Å². The third-order valence-corrected chi connectivity index (χ3v) is 6.19. The molecule has 3 rings (SSSR count). The minimum atomic E-state index is -5.76. The number of carbonyl (C=O) groups is 2. The van der Waals surface area contributed by atoms with E-state index in [1.165, 1.54) is 24.1 Å². The summed E-state index contributed by atoms with van der Waals surface area (Å²) in [4.78, 5) is 30.1. The van der Waals surface area contributed by atoms with Crippen LogP contribution in [0.2, 0.25) is 0 Å². The van der Waals surface area contributed by atoms with Gasteiger partial charge in [0, 0.05) is 18.9 Å². The minimum Gasteiger partial charge on any atom is -0.308 e. The number of hydrogen-bond donors (Lipinski definition) is 0. The zero-order chi connectivity index (χ0) is 21.6. The van der Waals surface area contributed by atoms with Crippen molar-refractivity contribution < 1.29 is 31.2 Å². The second-order valence-corrected chi connectivity index (χ2v) is 8.39. The van der Waals surface area contributed by atoms with Gasteiger partial charge >= 0.3 is 11.5 Å². The molecule has 0 aliphatic carbocycles. The highest BCUT2D eigenvalue weighted by Crippen LogP contribution is 2.38. The average molecular weight is 427 g/mol. The number of anilines is 1. The molecule has 0 bridgehead atoms. The number of alkyl halides is 3. The lowest BCUT2D eigenvalue weighted by Gasteiger charge is -2.21. The summed E-state index contributed by atoms with van der Waals surface area (Å²) >= 11 is 0. The summed E-state index contributed by atoms with van der Waals surface area (Å²) < 4.78 is 63.1. The van der Waals surface area contributed by atoms with Crippen molar-refractivity contribution in [1.82, 2.24) is 9.88 Å². The molecule has 1 saturated heterocycles. The Hall–Kier alpha value is -2.95. The van der Waals surface area contributed by atoms with Crippen molar-refractivity contribution in [3.8, 4) is 0 Å². The van der Waals surface area contributed by atoms with Crippen LogP contribution in [0.5, 0.6) is 0 Å². The number of amides is 3. The number of nitrogens with zero attached hydrogens (tertiary/aromatic N) is 3. The van der Waals surface area contributed by atoms with Crippen LogP contribution in [0.3, 0.4) is 0 Å². The number of sulfone groups is 1. The summed E-state index contributed by atoms with van der Waals surface area (Å²) in [5.74, 6) is -0.813. The van der Waals surface area contributed by atoms with E-state index in [0.717, 1.165) is 23.8 Å². The number of aromatic nitrogens is 1. The molecular formula is C18H16F3N3O4S. The number of carbonyl (C=O) groups excluding carboxylic acids is 2. The summed E-state index contributed by atoms with van der Waals surface area (Å²) in [6.07, 6.45) is 3.09. The van der Waals surface area contributed by atoms with Gasteiger partial charge in [0.2, 0.25) is 0 Å². The van der Waals surface area contributed by atoms with Crippen molar-refractivity contribution in [2.45, 2.75) is 36.8 Å². The van der Waals surface area contributed by atoms with Crippen molar-refractivity contribution in [2.24, 2.45) is 0 Å². The zero-order valence-corrected chi connectivity index (χ0v) is 16.2. The first-order chi connectivity index (χ1) is 13.5. The standard InChI is InChI=1S/C18H16F3N3O4S/c1-11-9-22-8-7-13(11)10-23-12(2)16(25)24(17(23)26)14-5-3-4-6-15(14)29(27,28)18(19,20)21/h3-9,12H,10H2,1-2H3/t12-/m1/s1. The Balaban J connectivity index is 2.05. The Labute approximate surface area is 164 Å². The van der Waals surface area contributed by atoms with E-state index < -0.39 is 43.9 Å². The number of benzene rings is 1. The maximum Gasteiger partial charge on any atom is 0.501 e. The summed E-state index contributed by atoms with van der Waals surface area (Å²) in [5, 5.41) is 0. The van der Waals surface area contributed by atoms with Gasteiger partial charge in [-0.1, -0.05) is 12.1 Å². The van der Waals surface area contributed by atoms with Gasteiger partial charge in [0.15, 0.2) is 0 Å². The maximum atomic E-state index is 13.1. The van der Waals surface area contributed by atoms with Crippen molar-refractivity contribution in [3.63, 3.8) is 0 Å². The summed E-state index contributed by atoms with van der Waals surface area (Å²) in [6.45, 7) is 3.21. The van der Waals surface area contributed by atoms with Crippen LogP contribution in [0.1, 0.15) is 18.1 Å². The molecule has 3 amide bonds. The molecule has 154 valence electrons. The SMILES string of the molecule is Cc1cnccc1CN1C(=O)N(c2ccccc2S(=O)(=O)C(F)(F)F)C(=O)[C@H]1C. The zero-order valence-electron chi connectivity index (χ0n) is 15.3. The average Bonchev–Trinajstić information content (AvgIpc) is 2.86. The van der Waals surface area contributed by atoms with Gasteiger partial charge < -0.3 is 4.90 Å². The van der Waals surface area contributed by atoms with Crippen LogP contribution in [0.25, 0.3) is 0 Å². The quantitative estimate of drug-likeness (QED) is 0.700. The molecule has 2 aromatic rings. The Morgan fingerprint density at radius 1 is 1.14 bits per heavy atom. The second-order valence-electron chi connectivity index (χ2n) is 6.48. The van der Waals surface area contributed by atoms with Crippen molar-refractivity contribution in [1.29, 1.82) is 0 Å². The molecule has 7 nitrogen and oxygen atoms in total. The minimum absolute atomic E-state index is 0.0186. The molecule has 0 saturated carbocycles. The van der Waals surface area contributed by atoms with Gasteiger partial charge in [-0.25, -0.2) is 18.1 Å². The molecule has 0 radical (unpaired) electrons. The number of hydrogen-bond acceptors (Lipinski definition) is 5. The van der Waals surface area contributed by atoms with Crippen LogP contribution in [-0.4, -0.2) is 41.8 Å². The summed E-state index contributed by atoms with van der Waals surface area (Å²) in [7, 11) is -5.76. The third-order valence-electron chi connectivity index (χ3n) is 4.66. The molecule has 1 aromatic heterocycles. The Morgan fingerprint density at radius 3 is 2.41 bits per heavy atom. The van der Waals surface area contributed by atoms with Gasteiger partial charge in [-0.2, -0.15) is 13.2 Å². The number of halogens is 3. The van der Waals surface area contributed by atoms with E-state index >= 15 is 0 Å².